The van der Waals surface area contributed by atoms with Crippen molar-refractivity contribution in [2.24, 2.45) is 0 Å². The van der Waals surface area contributed by atoms with Crippen LogP contribution in [0.1, 0.15) is 33.1 Å². The maximum Gasteiger partial charge on any atom is 0.253 e. The first-order valence-corrected chi connectivity index (χ1v) is 13.6. The third-order valence-corrected chi connectivity index (χ3v) is 7.95. The number of hydrogen-bond acceptors (Lipinski definition) is 3. The summed E-state index contributed by atoms with van der Waals surface area (Å²) in [4.78, 5) is 18.9. The Bertz CT molecular complexity index is 1220. The molecule has 0 unspecified atom stereocenters. The van der Waals surface area contributed by atoms with Gasteiger partial charge in [0, 0.05) is 47.4 Å². The highest BCUT2D eigenvalue weighted by molar-refractivity contribution is 7.98. The summed E-state index contributed by atoms with van der Waals surface area (Å²) in [6.07, 6.45) is 0. The summed E-state index contributed by atoms with van der Waals surface area (Å²) in [6.45, 7) is 3.14. The van der Waals surface area contributed by atoms with E-state index < -0.39 is 0 Å². The number of nitrogens with zero attached hydrogens (tertiary/aromatic N) is 2. The molecule has 0 N–H and O–H groups in total. The number of amides is 1. The normalized spacial score (nSPS) is 14.2. The van der Waals surface area contributed by atoms with Crippen LogP contribution in [-0.4, -0.2) is 41.9 Å². The molecule has 1 aliphatic rings. The Morgan fingerprint density at radius 1 is 0.722 bits per heavy atom. The van der Waals surface area contributed by atoms with Crippen molar-refractivity contribution in [1.29, 1.82) is 0 Å². The van der Waals surface area contributed by atoms with E-state index in [4.69, 9.17) is 11.6 Å². The molecule has 1 saturated heterocycles. The van der Waals surface area contributed by atoms with E-state index in [2.05, 4.69) is 77.7 Å². The smallest absolute Gasteiger partial charge is 0.253 e. The summed E-state index contributed by atoms with van der Waals surface area (Å²) < 4.78 is 0. The quantitative estimate of drug-likeness (QED) is 0.245. The molecule has 0 saturated carbocycles. The standard InChI is InChI=1S/C31H29ClN2OS/c32-28-15-17-29(18-16-28)36-23-24-11-13-27(14-12-24)31(35)34-21-19-33(20-22-34)30(25-7-3-1-4-8-25)26-9-5-2-6-10-26/h1-18,30H,19-23H2. The van der Waals surface area contributed by atoms with Gasteiger partial charge in [0.05, 0.1) is 6.04 Å². The van der Waals surface area contributed by atoms with Gasteiger partial charge < -0.3 is 4.90 Å². The van der Waals surface area contributed by atoms with Crippen LogP contribution in [0.3, 0.4) is 0 Å². The minimum atomic E-state index is 0.113. The highest BCUT2D eigenvalue weighted by Gasteiger charge is 2.28. The molecule has 4 aromatic rings. The lowest BCUT2D eigenvalue weighted by Gasteiger charge is -2.39. The molecule has 182 valence electrons. The van der Waals surface area contributed by atoms with Gasteiger partial charge in [0.25, 0.3) is 5.91 Å². The zero-order chi connectivity index (χ0) is 24.7. The molecule has 0 aliphatic carbocycles. The Morgan fingerprint density at radius 2 is 1.28 bits per heavy atom. The van der Waals surface area contributed by atoms with E-state index in [0.29, 0.717) is 0 Å². The van der Waals surface area contributed by atoms with Crippen LogP contribution >= 0.6 is 23.4 Å². The summed E-state index contributed by atoms with van der Waals surface area (Å²) in [5.74, 6) is 0.970. The van der Waals surface area contributed by atoms with E-state index in [9.17, 15) is 4.79 Å². The molecule has 0 radical (unpaired) electrons. The second kappa shape index (κ2) is 11.8. The van der Waals surface area contributed by atoms with E-state index in [0.717, 1.165) is 42.5 Å². The van der Waals surface area contributed by atoms with Crippen molar-refractivity contribution >= 4 is 29.3 Å². The minimum Gasteiger partial charge on any atom is -0.336 e. The predicted octanol–water partition coefficient (Wildman–Crippen LogP) is 7.18. The van der Waals surface area contributed by atoms with Gasteiger partial charge in [-0.3, -0.25) is 9.69 Å². The Labute approximate surface area is 222 Å². The monoisotopic (exact) mass is 512 g/mol. The van der Waals surface area contributed by atoms with E-state index in [1.54, 1.807) is 11.8 Å². The molecule has 0 spiro atoms. The van der Waals surface area contributed by atoms with Crippen molar-refractivity contribution in [2.75, 3.05) is 26.2 Å². The molecule has 1 fully saturated rings. The Hall–Kier alpha value is -3.05. The van der Waals surface area contributed by atoms with Crippen LogP contribution in [0.25, 0.3) is 0 Å². The molecule has 5 heteroatoms. The summed E-state index contributed by atoms with van der Waals surface area (Å²) in [5.41, 5.74) is 4.53. The number of piperazine rings is 1. The molecule has 36 heavy (non-hydrogen) atoms. The van der Waals surface area contributed by atoms with Crippen LogP contribution < -0.4 is 0 Å². The van der Waals surface area contributed by atoms with Crippen molar-refractivity contribution in [3.05, 3.63) is 136 Å². The molecule has 5 rings (SSSR count). The topological polar surface area (TPSA) is 23.6 Å². The van der Waals surface area contributed by atoms with E-state index in [-0.39, 0.29) is 11.9 Å². The van der Waals surface area contributed by atoms with Crippen LogP contribution in [0.2, 0.25) is 5.02 Å². The Morgan fingerprint density at radius 3 is 1.83 bits per heavy atom. The highest BCUT2D eigenvalue weighted by atomic mass is 35.5. The van der Waals surface area contributed by atoms with Gasteiger partial charge >= 0.3 is 0 Å². The van der Waals surface area contributed by atoms with Crippen LogP contribution in [-0.2, 0) is 5.75 Å². The van der Waals surface area contributed by atoms with Crippen LogP contribution in [0, 0.1) is 0 Å². The second-order valence-electron chi connectivity index (χ2n) is 8.99. The van der Waals surface area contributed by atoms with Crippen molar-refractivity contribution in [3.63, 3.8) is 0 Å². The molecule has 4 aromatic carbocycles. The first-order chi connectivity index (χ1) is 17.7. The zero-order valence-corrected chi connectivity index (χ0v) is 21.7. The average molecular weight is 513 g/mol. The van der Waals surface area contributed by atoms with Crippen molar-refractivity contribution in [3.8, 4) is 0 Å². The fourth-order valence-corrected chi connectivity index (χ4v) is 5.67. The van der Waals surface area contributed by atoms with Crippen molar-refractivity contribution in [2.45, 2.75) is 16.7 Å². The van der Waals surface area contributed by atoms with Crippen molar-refractivity contribution in [1.82, 2.24) is 9.80 Å². The fraction of sp³-hybridized carbons (Fsp3) is 0.194. The average Bonchev–Trinajstić information content (AvgIpc) is 2.94. The molecule has 0 aromatic heterocycles. The summed E-state index contributed by atoms with van der Waals surface area (Å²) in [7, 11) is 0. The van der Waals surface area contributed by atoms with Crippen LogP contribution in [0.4, 0.5) is 0 Å². The highest BCUT2D eigenvalue weighted by Crippen LogP contribution is 2.30. The SMILES string of the molecule is O=C(c1ccc(CSc2ccc(Cl)cc2)cc1)N1CCN(C(c2ccccc2)c2ccccc2)CC1. The predicted molar refractivity (Wildman–Crippen MR) is 150 cm³/mol. The summed E-state index contributed by atoms with van der Waals surface area (Å²) in [5, 5.41) is 0.749. The number of halogens is 1. The largest absolute Gasteiger partial charge is 0.336 e. The zero-order valence-electron chi connectivity index (χ0n) is 20.1. The number of hydrogen-bond donors (Lipinski definition) is 0. The van der Waals surface area contributed by atoms with Gasteiger partial charge in [-0.1, -0.05) is 84.4 Å². The molecule has 1 aliphatic heterocycles. The lowest BCUT2D eigenvalue weighted by molar-refractivity contribution is 0.0597. The molecule has 0 bridgehead atoms. The van der Waals surface area contributed by atoms with E-state index >= 15 is 0 Å². The molecule has 1 amide bonds. The third kappa shape index (κ3) is 6.01. The number of thioether (sulfide) groups is 1. The molecular formula is C31H29ClN2OS. The lowest BCUT2D eigenvalue weighted by Crippen LogP contribution is -2.49. The Balaban J connectivity index is 1.20. The van der Waals surface area contributed by atoms with Crippen LogP contribution in [0.15, 0.2) is 114 Å². The summed E-state index contributed by atoms with van der Waals surface area (Å²) in [6, 6.07) is 37.4. The van der Waals surface area contributed by atoms with Gasteiger partial charge in [-0.15, -0.1) is 11.8 Å². The minimum absolute atomic E-state index is 0.113. The van der Waals surface area contributed by atoms with Crippen LogP contribution in [0.5, 0.6) is 0 Å². The lowest BCUT2D eigenvalue weighted by atomic mass is 9.96. The number of rotatable bonds is 7. The molecule has 1 heterocycles. The first kappa shape index (κ1) is 24.6. The van der Waals surface area contributed by atoms with Gasteiger partial charge in [-0.05, 0) is 53.1 Å². The first-order valence-electron chi connectivity index (χ1n) is 12.3. The van der Waals surface area contributed by atoms with E-state index in [1.807, 2.05) is 41.3 Å². The summed E-state index contributed by atoms with van der Waals surface area (Å²) >= 11 is 7.74. The fourth-order valence-electron chi connectivity index (χ4n) is 4.69. The maximum atomic E-state index is 13.2. The second-order valence-corrected chi connectivity index (χ2v) is 10.5. The molecular weight excluding hydrogens is 484 g/mol. The van der Waals surface area contributed by atoms with Gasteiger partial charge in [0.15, 0.2) is 0 Å². The van der Waals surface area contributed by atoms with Gasteiger partial charge in [-0.25, -0.2) is 0 Å². The molecule has 3 nitrogen and oxygen atoms in total. The Kier molecular flexibility index (Phi) is 8.07. The number of benzene rings is 4. The van der Waals surface area contributed by atoms with Gasteiger partial charge in [-0.2, -0.15) is 0 Å². The van der Waals surface area contributed by atoms with Crippen molar-refractivity contribution < 1.29 is 4.79 Å². The van der Waals surface area contributed by atoms with Gasteiger partial charge in [0.1, 0.15) is 0 Å². The van der Waals surface area contributed by atoms with E-state index in [1.165, 1.54) is 21.6 Å². The third-order valence-electron chi connectivity index (χ3n) is 6.62. The number of carbonyl (C=O) groups excluding carboxylic acids is 1. The maximum absolute atomic E-state index is 13.2. The van der Waals surface area contributed by atoms with Gasteiger partial charge in [0.2, 0.25) is 0 Å². The molecule has 0 atom stereocenters. The number of carbonyl (C=O) groups is 1.